The van der Waals surface area contributed by atoms with Gasteiger partial charge in [-0.2, -0.15) is 0 Å². The van der Waals surface area contributed by atoms with Gasteiger partial charge in [0.15, 0.2) is 0 Å². The Labute approximate surface area is 162 Å². The summed E-state index contributed by atoms with van der Waals surface area (Å²) in [6, 6.07) is 3.66. The molecule has 0 aromatic heterocycles. The number of hydrogen-bond donors (Lipinski definition) is 3. The maximum Gasteiger partial charge on any atom is 0.319 e. The number of hydrogen-bond acceptors (Lipinski definition) is 6. The number of carbonyl (C=O) groups is 2. The van der Waals surface area contributed by atoms with Gasteiger partial charge >= 0.3 is 12.0 Å². The van der Waals surface area contributed by atoms with Gasteiger partial charge in [-0.15, -0.1) is 0 Å². The van der Waals surface area contributed by atoms with Gasteiger partial charge in [0.05, 0.1) is 30.3 Å². The molecular weight excluding hydrogens is 368 g/mol. The number of nitro groups is 1. The molecule has 0 bridgehead atoms. The minimum atomic E-state index is -0.833. The van der Waals surface area contributed by atoms with Crippen molar-refractivity contribution < 1.29 is 24.4 Å². The van der Waals surface area contributed by atoms with Crippen LogP contribution in [0, 0.1) is 16.0 Å². The molecule has 0 heterocycles. The highest BCUT2D eigenvalue weighted by Gasteiger charge is 2.37. The number of nitrogens with zero attached hydrogens (tertiary/aromatic N) is 2. The number of nitrogens with one attached hydrogen (secondary N) is 2. The molecule has 0 atom stereocenters. The average molecular weight is 392 g/mol. The normalized spacial score (nSPS) is 20.9. The van der Waals surface area contributed by atoms with Crippen LogP contribution in [-0.4, -0.2) is 59.2 Å². The molecule has 2 fully saturated rings. The second-order valence-electron chi connectivity index (χ2n) is 7.33. The van der Waals surface area contributed by atoms with Crippen molar-refractivity contribution in [3.63, 3.8) is 0 Å². The van der Waals surface area contributed by atoms with E-state index in [0.29, 0.717) is 24.4 Å². The molecule has 0 unspecified atom stereocenters. The Balaban J connectivity index is 1.49. The Hall–Kier alpha value is -2.88. The van der Waals surface area contributed by atoms with Crippen molar-refractivity contribution in [3.05, 3.63) is 28.3 Å². The highest BCUT2D eigenvalue weighted by Crippen LogP contribution is 2.34. The third-order valence-corrected chi connectivity index (χ3v) is 5.14. The van der Waals surface area contributed by atoms with Crippen LogP contribution in [0.2, 0.25) is 0 Å². The maximum atomic E-state index is 12.2. The zero-order chi connectivity index (χ0) is 20.3. The smallest absolute Gasteiger partial charge is 0.319 e. The molecule has 2 saturated carbocycles. The SMILES string of the molecule is COc1cc([N+](=O)[O-])ccc1NC(=O)NC1CC(N(CC(=O)O)CC2CC2)C1. The van der Waals surface area contributed by atoms with Crippen LogP contribution < -0.4 is 15.4 Å². The van der Waals surface area contributed by atoms with E-state index in [1.165, 1.54) is 25.3 Å². The number of carboxylic acids is 1. The number of carboxylic acid groups (broad SMARTS) is 1. The molecule has 152 valence electrons. The molecule has 3 rings (SSSR count). The van der Waals surface area contributed by atoms with E-state index in [1.807, 2.05) is 4.90 Å². The number of benzene rings is 1. The summed E-state index contributed by atoms with van der Waals surface area (Å²) in [5.74, 6) is -0.0303. The number of aliphatic carboxylic acids is 1. The van der Waals surface area contributed by atoms with Crippen molar-refractivity contribution in [1.29, 1.82) is 0 Å². The van der Waals surface area contributed by atoms with E-state index >= 15 is 0 Å². The summed E-state index contributed by atoms with van der Waals surface area (Å²) in [6.45, 7) is 0.829. The van der Waals surface area contributed by atoms with Crippen molar-refractivity contribution in [2.24, 2.45) is 5.92 Å². The first-order valence-electron chi connectivity index (χ1n) is 9.21. The first-order valence-corrected chi connectivity index (χ1v) is 9.21. The minimum absolute atomic E-state index is 0.0279. The minimum Gasteiger partial charge on any atom is -0.494 e. The summed E-state index contributed by atoms with van der Waals surface area (Å²) >= 11 is 0. The van der Waals surface area contributed by atoms with Gasteiger partial charge in [0.2, 0.25) is 0 Å². The van der Waals surface area contributed by atoms with Crippen LogP contribution in [0.25, 0.3) is 0 Å². The van der Waals surface area contributed by atoms with Crippen LogP contribution in [0.1, 0.15) is 25.7 Å². The Morgan fingerprint density at radius 2 is 2.07 bits per heavy atom. The lowest BCUT2D eigenvalue weighted by molar-refractivity contribution is -0.384. The highest BCUT2D eigenvalue weighted by atomic mass is 16.6. The number of nitro benzene ring substituents is 1. The standard InChI is InChI=1S/C18H24N4O6/c1-28-16-8-13(22(26)27)4-5-15(16)20-18(25)19-12-6-14(7-12)21(10-17(23)24)9-11-2-3-11/h4-5,8,11-12,14H,2-3,6-7,9-10H2,1H3,(H,23,24)(H2,19,20,25). The molecule has 10 nitrogen and oxygen atoms in total. The van der Waals surface area contributed by atoms with Crippen molar-refractivity contribution >= 4 is 23.4 Å². The number of amides is 2. The van der Waals surface area contributed by atoms with Gasteiger partial charge < -0.3 is 20.5 Å². The van der Waals surface area contributed by atoms with Crippen molar-refractivity contribution in [1.82, 2.24) is 10.2 Å². The molecule has 2 amide bonds. The van der Waals surface area contributed by atoms with Gasteiger partial charge in [-0.05, 0) is 37.7 Å². The summed E-state index contributed by atoms with van der Waals surface area (Å²) in [4.78, 5) is 35.6. The summed E-state index contributed by atoms with van der Waals surface area (Å²) in [7, 11) is 1.37. The lowest BCUT2D eigenvalue weighted by Crippen LogP contribution is -2.55. The molecular formula is C18H24N4O6. The fourth-order valence-electron chi connectivity index (χ4n) is 3.39. The molecule has 28 heavy (non-hydrogen) atoms. The van der Waals surface area contributed by atoms with Crippen LogP contribution in [0.4, 0.5) is 16.2 Å². The number of rotatable bonds is 9. The van der Waals surface area contributed by atoms with Gasteiger partial charge in [0.25, 0.3) is 5.69 Å². The largest absolute Gasteiger partial charge is 0.494 e. The van der Waals surface area contributed by atoms with E-state index in [-0.39, 0.29) is 30.1 Å². The molecule has 1 aromatic rings. The average Bonchev–Trinajstić information content (AvgIpc) is 3.41. The van der Waals surface area contributed by atoms with E-state index in [9.17, 15) is 19.7 Å². The van der Waals surface area contributed by atoms with Gasteiger partial charge in [0.1, 0.15) is 5.75 Å². The number of urea groups is 1. The predicted molar refractivity (Wildman–Crippen MR) is 101 cm³/mol. The van der Waals surface area contributed by atoms with E-state index in [2.05, 4.69) is 10.6 Å². The maximum absolute atomic E-state index is 12.2. The third kappa shape index (κ3) is 5.10. The molecule has 2 aliphatic carbocycles. The monoisotopic (exact) mass is 392 g/mol. The van der Waals surface area contributed by atoms with E-state index in [1.54, 1.807) is 0 Å². The summed E-state index contributed by atoms with van der Waals surface area (Å²) < 4.78 is 5.10. The second kappa shape index (κ2) is 8.42. The summed E-state index contributed by atoms with van der Waals surface area (Å²) in [5, 5.41) is 25.4. The fourth-order valence-corrected chi connectivity index (χ4v) is 3.39. The number of non-ortho nitro benzene ring substituents is 1. The van der Waals surface area contributed by atoms with E-state index < -0.39 is 16.9 Å². The molecule has 3 N–H and O–H groups in total. The zero-order valence-corrected chi connectivity index (χ0v) is 15.6. The second-order valence-corrected chi connectivity index (χ2v) is 7.33. The molecule has 0 spiro atoms. The van der Waals surface area contributed by atoms with Crippen LogP contribution >= 0.6 is 0 Å². The number of anilines is 1. The first-order chi connectivity index (χ1) is 13.4. The number of ether oxygens (including phenoxy) is 1. The summed E-state index contributed by atoms with van der Waals surface area (Å²) in [5.41, 5.74) is 0.210. The molecule has 1 aromatic carbocycles. The van der Waals surface area contributed by atoms with Gasteiger partial charge in [-0.1, -0.05) is 0 Å². The molecule has 0 aliphatic heterocycles. The highest BCUT2D eigenvalue weighted by molar-refractivity contribution is 5.91. The topological polar surface area (TPSA) is 134 Å². The zero-order valence-electron chi connectivity index (χ0n) is 15.6. The fraction of sp³-hybridized carbons (Fsp3) is 0.556. The van der Waals surface area contributed by atoms with Crippen LogP contribution in [-0.2, 0) is 4.79 Å². The lowest BCUT2D eigenvalue weighted by atomic mass is 9.85. The van der Waals surface area contributed by atoms with Gasteiger partial charge in [-0.25, -0.2) is 4.79 Å². The molecule has 2 aliphatic rings. The molecule has 10 heteroatoms. The van der Waals surface area contributed by atoms with E-state index in [0.717, 1.165) is 19.4 Å². The first kappa shape index (κ1) is 19.9. The Morgan fingerprint density at radius 3 is 2.64 bits per heavy atom. The molecule has 0 saturated heterocycles. The van der Waals surface area contributed by atoms with Gasteiger partial charge in [0, 0.05) is 24.7 Å². The quantitative estimate of drug-likeness (QED) is 0.432. The summed E-state index contributed by atoms with van der Waals surface area (Å²) in [6.07, 6.45) is 3.71. The van der Waals surface area contributed by atoms with Crippen molar-refractivity contribution in [3.8, 4) is 5.75 Å². The number of carbonyl (C=O) groups excluding carboxylic acids is 1. The van der Waals surface area contributed by atoms with E-state index in [4.69, 9.17) is 9.84 Å². The Bertz CT molecular complexity index is 760. The van der Waals surface area contributed by atoms with Crippen molar-refractivity contribution in [2.75, 3.05) is 25.5 Å². The number of methoxy groups -OCH3 is 1. The van der Waals surface area contributed by atoms with Crippen molar-refractivity contribution in [2.45, 2.75) is 37.8 Å². The predicted octanol–water partition coefficient (Wildman–Crippen LogP) is 2.05. The van der Waals surface area contributed by atoms with Gasteiger partial charge in [-0.3, -0.25) is 19.8 Å². The Kier molecular flexibility index (Phi) is 5.98. The van der Waals surface area contributed by atoms with Crippen LogP contribution in [0.15, 0.2) is 18.2 Å². The molecule has 0 radical (unpaired) electrons. The van der Waals surface area contributed by atoms with Crippen LogP contribution in [0.5, 0.6) is 5.75 Å². The lowest BCUT2D eigenvalue weighted by Gasteiger charge is -2.42. The Morgan fingerprint density at radius 1 is 1.36 bits per heavy atom. The third-order valence-electron chi connectivity index (χ3n) is 5.14. The van der Waals surface area contributed by atoms with Crippen LogP contribution in [0.3, 0.4) is 0 Å².